The fourth-order valence-corrected chi connectivity index (χ4v) is 3.78. The highest BCUT2D eigenvalue weighted by Crippen LogP contribution is 2.45. The molecule has 0 bridgehead atoms. The fourth-order valence-electron chi connectivity index (χ4n) is 3.78. The van der Waals surface area contributed by atoms with Gasteiger partial charge in [0.15, 0.2) is 17.6 Å². The van der Waals surface area contributed by atoms with Crippen molar-refractivity contribution >= 4 is 18.0 Å². The van der Waals surface area contributed by atoms with Crippen LogP contribution in [0.15, 0.2) is 36.1 Å². The summed E-state index contributed by atoms with van der Waals surface area (Å²) >= 11 is 0. The quantitative estimate of drug-likeness (QED) is 0.140. The highest BCUT2D eigenvalue weighted by Gasteiger charge is 2.46. The van der Waals surface area contributed by atoms with Gasteiger partial charge in [-0.05, 0) is 18.2 Å². The first-order valence-electron chi connectivity index (χ1n) is 10.7. The molecule has 2 aromatic carbocycles. The molecule has 6 atom stereocenters. The number of aromatic hydroxyl groups is 4. The Morgan fingerprint density at radius 1 is 0.892 bits per heavy atom. The average molecular weight is 522 g/mol. The Morgan fingerprint density at radius 2 is 1.62 bits per heavy atom. The zero-order valence-electron chi connectivity index (χ0n) is 18.7. The van der Waals surface area contributed by atoms with Crippen LogP contribution in [-0.2, 0) is 23.8 Å². The SMILES string of the molecule is O=C(O)C(=O)OCC1OC(OC2=Cc3c(O)cc(O)cc3OC2c2ccc(O)c(O)c2)C(O)C(O)C1O. The van der Waals surface area contributed by atoms with E-state index in [0.717, 1.165) is 12.1 Å². The molecule has 6 unspecified atom stereocenters. The first-order valence-corrected chi connectivity index (χ1v) is 10.7. The van der Waals surface area contributed by atoms with Gasteiger partial charge in [-0.2, -0.15) is 0 Å². The zero-order chi connectivity index (χ0) is 27.0. The Labute approximate surface area is 207 Å². The number of fused-ring (bicyclic) bond motifs is 1. The molecule has 1 fully saturated rings. The summed E-state index contributed by atoms with van der Waals surface area (Å²) in [5, 5.41) is 79.3. The summed E-state index contributed by atoms with van der Waals surface area (Å²) in [6, 6.07) is 5.92. The minimum Gasteiger partial charge on any atom is -0.508 e. The summed E-state index contributed by atoms with van der Waals surface area (Å²) in [6.45, 7) is -0.802. The molecule has 0 aliphatic carbocycles. The van der Waals surface area contributed by atoms with E-state index in [1.54, 1.807) is 0 Å². The summed E-state index contributed by atoms with van der Waals surface area (Å²) in [7, 11) is 0. The second kappa shape index (κ2) is 10.0. The minimum atomic E-state index is -1.90. The van der Waals surface area contributed by atoms with Crippen LogP contribution in [-0.4, -0.2) is 90.1 Å². The fraction of sp³-hybridized carbons (Fsp3) is 0.304. The van der Waals surface area contributed by atoms with Gasteiger partial charge in [0.05, 0.1) is 5.56 Å². The largest absolute Gasteiger partial charge is 0.508 e. The van der Waals surface area contributed by atoms with E-state index in [2.05, 4.69) is 4.74 Å². The van der Waals surface area contributed by atoms with Crippen molar-refractivity contribution in [3.8, 4) is 28.7 Å². The van der Waals surface area contributed by atoms with Crippen molar-refractivity contribution in [2.24, 2.45) is 0 Å². The van der Waals surface area contributed by atoms with E-state index in [-0.39, 0.29) is 28.4 Å². The van der Waals surface area contributed by atoms with Crippen molar-refractivity contribution in [1.29, 1.82) is 0 Å². The van der Waals surface area contributed by atoms with Gasteiger partial charge in [-0.25, -0.2) is 9.59 Å². The Bertz CT molecular complexity index is 1240. The van der Waals surface area contributed by atoms with Crippen molar-refractivity contribution in [3.63, 3.8) is 0 Å². The number of aliphatic hydroxyl groups excluding tert-OH is 3. The van der Waals surface area contributed by atoms with Crippen LogP contribution in [0.25, 0.3) is 6.08 Å². The van der Waals surface area contributed by atoms with E-state index in [0.29, 0.717) is 0 Å². The maximum absolute atomic E-state index is 11.3. The van der Waals surface area contributed by atoms with Gasteiger partial charge in [-0.1, -0.05) is 6.07 Å². The number of phenols is 4. The molecule has 37 heavy (non-hydrogen) atoms. The van der Waals surface area contributed by atoms with Gasteiger partial charge < -0.3 is 59.8 Å². The van der Waals surface area contributed by atoms with Crippen LogP contribution < -0.4 is 4.74 Å². The molecule has 0 spiro atoms. The van der Waals surface area contributed by atoms with Gasteiger partial charge in [-0.15, -0.1) is 0 Å². The molecule has 14 nitrogen and oxygen atoms in total. The summed E-state index contributed by atoms with van der Waals surface area (Å²) in [6.07, 6.45) is -8.68. The predicted octanol–water partition coefficient (Wildman–Crippen LogP) is -0.564. The number of hydrogen-bond acceptors (Lipinski definition) is 13. The van der Waals surface area contributed by atoms with E-state index < -0.39 is 72.6 Å². The minimum absolute atomic E-state index is 0.0152. The number of benzene rings is 2. The van der Waals surface area contributed by atoms with Gasteiger partial charge in [-0.3, -0.25) is 0 Å². The number of rotatable bonds is 5. The lowest BCUT2D eigenvalue weighted by atomic mass is 9.98. The predicted molar refractivity (Wildman–Crippen MR) is 117 cm³/mol. The zero-order valence-corrected chi connectivity index (χ0v) is 18.7. The highest BCUT2D eigenvalue weighted by molar-refractivity contribution is 6.28. The van der Waals surface area contributed by atoms with Crippen molar-refractivity contribution in [2.75, 3.05) is 6.61 Å². The molecule has 2 aliphatic rings. The molecule has 0 aromatic heterocycles. The van der Waals surface area contributed by atoms with Crippen LogP contribution in [0.2, 0.25) is 0 Å². The summed E-state index contributed by atoms with van der Waals surface area (Å²) in [4.78, 5) is 21.9. The normalized spacial score (nSPS) is 26.8. The smallest absolute Gasteiger partial charge is 0.417 e. The van der Waals surface area contributed by atoms with Crippen molar-refractivity contribution in [3.05, 3.63) is 47.2 Å². The molecule has 2 aliphatic heterocycles. The number of aliphatic hydroxyl groups is 3. The number of ether oxygens (including phenoxy) is 4. The second-order valence-corrected chi connectivity index (χ2v) is 8.21. The van der Waals surface area contributed by atoms with Crippen molar-refractivity contribution in [2.45, 2.75) is 36.8 Å². The third kappa shape index (κ3) is 5.17. The van der Waals surface area contributed by atoms with E-state index in [1.165, 1.54) is 24.3 Å². The third-order valence-corrected chi connectivity index (χ3v) is 5.67. The molecule has 0 saturated carbocycles. The van der Waals surface area contributed by atoms with Crippen molar-refractivity contribution < 1.29 is 69.4 Å². The monoisotopic (exact) mass is 522 g/mol. The number of carboxylic acids is 1. The van der Waals surface area contributed by atoms with E-state index in [1.807, 2.05) is 0 Å². The molecule has 0 amide bonds. The van der Waals surface area contributed by atoms with Crippen LogP contribution in [0.5, 0.6) is 28.7 Å². The first-order chi connectivity index (χ1) is 17.5. The molecule has 2 aromatic rings. The number of carbonyl (C=O) groups is 2. The lowest BCUT2D eigenvalue weighted by Crippen LogP contribution is -2.59. The Morgan fingerprint density at radius 3 is 2.30 bits per heavy atom. The molecule has 1 saturated heterocycles. The van der Waals surface area contributed by atoms with Crippen LogP contribution >= 0.6 is 0 Å². The molecule has 0 radical (unpaired) electrons. The molecule has 8 N–H and O–H groups in total. The highest BCUT2D eigenvalue weighted by atomic mass is 16.7. The molecular weight excluding hydrogens is 500 g/mol. The van der Waals surface area contributed by atoms with Crippen LogP contribution in [0.3, 0.4) is 0 Å². The van der Waals surface area contributed by atoms with Gasteiger partial charge in [0.2, 0.25) is 6.29 Å². The maximum atomic E-state index is 11.3. The Kier molecular flexibility index (Phi) is 7.00. The number of esters is 1. The van der Waals surface area contributed by atoms with Crippen LogP contribution in [0, 0.1) is 0 Å². The summed E-state index contributed by atoms with van der Waals surface area (Å²) in [5.74, 6) is -5.31. The summed E-state index contributed by atoms with van der Waals surface area (Å²) in [5.41, 5.74) is 0.276. The number of carboxylic acid groups (broad SMARTS) is 1. The number of hydrogen-bond donors (Lipinski definition) is 8. The van der Waals surface area contributed by atoms with Gasteiger partial charge in [0.1, 0.15) is 54.0 Å². The first kappa shape index (κ1) is 25.8. The van der Waals surface area contributed by atoms with Crippen molar-refractivity contribution in [1.82, 2.24) is 0 Å². The Balaban J connectivity index is 1.66. The van der Waals surface area contributed by atoms with E-state index in [9.17, 15) is 45.3 Å². The third-order valence-electron chi connectivity index (χ3n) is 5.67. The molecule has 4 rings (SSSR count). The molecule has 198 valence electrons. The molecule has 14 heteroatoms. The van der Waals surface area contributed by atoms with E-state index in [4.69, 9.17) is 19.3 Å². The topological polar surface area (TPSA) is 233 Å². The average Bonchev–Trinajstić information content (AvgIpc) is 2.84. The summed E-state index contributed by atoms with van der Waals surface area (Å²) < 4.78 is 21.5. The van der Waals surface area contributed by atoms with Crippen LogP contribution in [0.4, 0.5) is 0 Å². The maximum Gasteiger partial charge on any atom is 0.417 e. The van der Waals surface area contributed by atoms with Gasteiger partial charge in [0.25, 0.3) is 0 Å². The molecule has 2 heterocycles. The number of phenolic OH excluding ortho intramolecular Hbond substituents is 4. The second-order valence-electron chi connectivity index (χ2n) is 8.21. The van der Waals surface area contributed by atoms with Crippen LogP contribution in [0.1, 0.15) is 17.2 Å². The van der Waals surface area contributed by atoms with Gasteiger partial charge in [0, 0.05) is 17.7 Å². The Hall–Kier alpha value is -4.24. The standard InChI is InChI=1S/C23H22O14/c24-9-4-12(26)10-6-15(20(35-14(10)5-9)8-1-2-11(25)13(27)3-8)36-23-19(30)18(29)17(28)16(37-23)7-34-22(33)21(31)32/h1-6,16-20,23-30H,7H2,(H,31,32). The van der Waals surface area contributed by atoms with Gasteiger partial charge >= 0.3 is 11.9 Å². The lowest BCUT2D eigenvalue weighted by molar-refractivity contribution is -0.294. The molecular formula is C23H22O14. The number of aliphatic carboxylic acids is 1. The van der Waals surface area contributed by atoms with E-state index >= 15 is 0 Å². The number of carbonyl (C=O) groups excluding carboxylic acids is 1. The lowest BCUT2D eigenvalue weighted by Gasteiger charge is -2.41.